The molecule has 2 aromatic heterocycles. The van der Waals surface area contributed by atoms with Gasteiger partial charge in [0, 0.05) is 12.7 Å². The standard InChI is InChI=1S/C14H13N5O3/c15-13-16-14-18(7-6-9-4-2-1-3-5-9)8-10(12(21)22)11(20)19(14)17-13/h1-5,8H,6-7H2,(H2,15,17)(H,21,22). The van der Waals surface area contributed by atoms with Crippen LogP contribution < -0.4 is 11.3 Å². The lowest BCUT2D eigenvalue weighted by Gasteiger charge is -2.08. The number of nitrogens with zero attached hydrogens (tertiary/aromatic N) is 4. The van der Waals surface area contributed by atoms with Crippen LogP contribution in [0, 0.1) is 0 Å². The molecule has 3 rings (SSSR count). The summed E-state index contributed by atoms with van der Waals surface area (Å²) in [6.45, 7) is 0.451. The summed E-state index contributed by atoms with van der Waals surface area (Å²) in [6.07, 6.45) is 1.93. The van der Waals surface area contributed by atoms with Crippen molar-refractivity contribution in [3.05, 3.63) is 58.0 Å². The van der Waals surface area contributed by atoms with Crippen LogP contribution in [0.2, 0.25) is 0 Å². The van der Waals surface area contributed by atoms with Crippen molar-refractivity contribution < 1.29 is 9.90 Å². The zero-order valence-electron chi connectivity index (χ0n) is 11.5. The van der Waals surface area contributed by atoms with Crippen LogP contribution in [-0.2, 0) is 13.0 Å². The summed E-state index contributed by atoms with van der Waals surface area (Å²) < 4.78 is 2.49. The molecule has 0 spiro atoms. The Morgan fingerprint density at radius 1 is 1.27 bits per heavy atom. The van der Waals surface area contributed by atoms with Crippen LogP contribution in [0.1, 0.15) is 15.9 Å². The number of aryl methyl sites for hydroxylation is 2. The van der Waals surface area contributed by atoms with Gasteiger partial charge in [-0.05, 0) is 12.0 Å². The average Bonchev–Trinajstić information content (AvgIpc) is 2.90. The van der Waals surface area contributed by atoms with E-state index in [1.807, 2.05) is 30.3 Å². The molecule has 0 aliphatic rings. The van der Waals surface area contributed by atoms with E-state index in [-0.39, 0.29) is 17.3 Å². The monoisotopic (exact) mass is 299 g/mol. The molecule has 0 bridgehead atoms. The Balaban J connectivity index is 2.06. The van der Waals surface area contributed by atoms with E-state index in [1.54, 1.807) is 4.57 Å². The van der Waals surface area contributed by atoms with Gasteiger partial charge in [0.05, 0.1) is 0 Å². The van der Waals surface area contributed by atoms with Gasteiger partial charge in [0.1, 0.15) is 5.56 Å². The van der Waals surface area contributed by atoms with Gasteiger partial charge in [-0.25, -0.2) is 4.79 Å². The minimum atomic E-state index is -1.31. The maximum Gasteiger partial charge on any atom is 0.342 e. The summed E-state index contributed by atoms with van der Waals surface area (Å²) in [4.78, 5) is 27.2. The molecule has 8 heteroatoms. The number of rotatable bonds is 4. The fourth-order valence-corrected chi connectivity index (χ4v) is 2.23. The predicted molar refractivity (Wildman–Crippen MR) is 78.8 cm³/mol. The molecule has 0 atom stereocenters. The van der Waals surface area contributed by atoms with Crippen LogP contribution in [0.25, 0.3) is 5.78 Å². The third-order valence-corrected chi connectivity index (χ3v) is 3.29. The summed E-state index contributed by atoms with van der Waals surface area (Å²) in [5.74, 6) is -1.16. The minimum Gasteiger partial charge on any atom is -0.477 e. The zero-order valence-corrected chi connectivity index (χ0v) is 11.5. The van der Waals surface area contributed by atoms with Crippen molar-refractivity contribution >= 4 is 17.7 Å². The first-order valence-corrected chi connectivity index (χ1v) is 6.59. The molecule has 0 aliphatic carbocycles. The third kappa shape index (κ3) is 2.41. The van der Waals surface area contributed by atoms with Gasteiger partial charge in [-0.15, -0.1) is 5.10 Å². The van der Waals surface area contributed by atoms with Crippen LogP contribution in [0.15, 0.2) is 41.3 Å². The first kappa shape index (κ1) is 13.8. The molecule has 0 radical (unpaired) electrons. The summed E-state index contributed by atoms with van der Waals surface area (Å²) in [6, 6.07) is 9.71. The zero-order chi connectivity index (χ0) is 15.7. The Bertz CT molecular complexity index is 898. The van der Waals surface area contributed by atoms with E-state index in [9.17, 15) is 9.59 Å². The number of aromatic nitrogens is 4. The van der Waals surface area contributed by atoms with E-state index in [2.05, 4.69) is 10.1 Å². The predicted octanol–water partition coefficient (Wildman–Crippen LogP) is 0.414. The lowest BCUT2D eigenvalue weighted by Crippen LogP contribution is -2.26. The van der Waals surface area contributed by atoms with E-state index < -0.39 is 11.5 Å². The number of benzene rings is 1. The summed E-state index contributed by atoms with van der Waals surface area (Å²) in [7, 11) is 0. The molecule has 0 aliphatic heterocycles. The number of nitrogen functional groups attached to an aromatic ring is 1. The molecular formula is C14H13N5O3. The van der Waals surface area contributed by atoms with Crippen molar-refractivity contribution in [1.29, 1.82) is 0 Å². The van der Waals surface area contributed by atoms with Gasteiger partial charge in [-0.1, -0.05) is 30.3 Å². The molecular weight excluding hydrogens is 286 g/mol. The minimum absolute atomic E-state index is 0.0758. The van der Waals surface area contributed by atoms with Crippen LogP contribution in [0.3, 0.4) is 0 Å². The lowest BCUT2D eigenvalue weighted by atomic mass is 10.1. The topological polar surface area (TPSA) is 116 Å². The molecule has 112 valence electrons. The highest BCUT2D eigenvalue weighted by Gasteiger charge is 2.17. The molecule has 3 N–H and O–H groups in total. The molecule has 0 unspecified atom stereocenters. The first-order valence-electron chi connectivity index (χ1n) is 6.59. The Morgan fingerprint density at radius 2 is 2.00 bits per heavy atom. The molecule has 2 heterocycles. The van der Waals surface area contributed by atoms with Crippen molar-refractivity contribution in [2.24, 2.45) is 0 Å². The highest BCUT2D eigenvalue weighted by molar-refractivity contribution is 5.87. The van der Waals surface area contributed by atoms with Crippen LogP contribution in [0.4, 0.5) is 5.95 Å². The van der Waals surface area contributed by atoms with Gasteiger partial charge in [0.2, 0.25) is 11.7 Å². The van der Waals surface area contributed by atoms with Gasteiger partial charge in [0.25, 0.3) is 5.56 Å². The Labute approximate surface area is 124 Å². The highest BCUT2D eigenvalue weighted by atomic mass is 16.4. The fraction of sp³-hybridized carbons (Fsp3) is 0.143. The number of carbonyl (C=O) groups is 1. The van der Waals surface area contributed by atoms with Crippen LogP contribution in [-0.4, -0.2) is 30.2 Å². The summed E-state index contributed by atoms with van der Waals surface area (Å²) in [5, 5.41) is 12.9. The number of aromatic carboxylic acids is 1. The van der Waals surface area contributed by atoms with E-state index in [4.69, 9.17) is 10.8 Å². The van der Waals surface area contributed by atoms with E-state index >= 15 is 0 Å². The Morgan fingerprint density at radius 3 is 2.68 bits per heavy atom. The van der Waals surface area contributed by atoms with Crippen molar-refractivity contribution in [3.8, 4) is 0 Å². The molecule has 1 aromatic carbocycles. The van der Waals surface area contributed by atoms with Crippen molar-refractivity contribution in [2.75, 3.05) is 5.73 Å². The van der Waals surface area contributed by atoms with Crippen LogP contribution in [0.5, 0.6) is 0 Å². The highest BCUT2D eigenvalue weighted by Crippen LogP contribution is 2.07. The number of fused-ring (bicyclic) bond motifs is 1. The fourth-order valence-electron chi connectivity index (χ4n) is 2.23. The summed E-state index contributed by atoms with van der Waals surface area (Å²) >= 11 is 0. The molecule has 8 nitrogen and oxygen atoms in total. The molecule has 0 saturated heterocycles. The quantitative estimate of drug-likeness (QED) is 0.721. The number of hydrogen-bond acceptors (Lipinski definition) is 5. The SMILES string of the molecule is Nc1nc2n(CCc3ccccc3)cc(C(=O)O)c(=O)n2n1. The van der Waals surface area contributed by atoms with Gasteiger partial charge in [-0.2, -0.15) is 9.50 Å². The normalized spacial score (nSPS) is 10.9. The second-order valence-corrected chi connectivity index (χ2v) is 4.76. The van der Waals surface area contributed by atoms with Crippen molar-refractivity contribution in [3.63, 3.8) is 0 Å². The second-order valence-electron chi connectivity index (χ2n) is 4.76. The summed E-state index contributed by atoms with van der Waals surface area (Å²) in [5.41, 5.74) is 5.49. The third-order valence-electron chi connectivity index (χ3n) is 3.29. The van der Waals surface area contributed by atoms with Gasteiger partial charge < -0.3 is 15.4 Å². The second kappa shape index (κ2) is 5.32. The average molecular weight is 299 g/mol. The Hall–Kier alpha value is -3.16. The van der Waals surface area contributed by atoms with Gasteiger partial charge in [0.15, 0.2) is 0 Å². The largest absolute Gasteiger partial charge is 0.477 e. The van der Waals surface area contributed by atoms with Crippen molar-refractivity contribution in [1.82, 2.24) is 19.2 Å². The van der Waals surface area contributed by atoms with Crippen molar-refractivity contribution in [2.45, 2.75) is 13.0 Å². The number of carboxylic acids is 1. The molecule has 3 aromatic rings. The molecule has 22 heavy (non-hydrogen) atoms. The van der Waals surface area contributed by atoms with Crippen LogP contribution >= 0.6 is 0 Å². The molecule has 0 fully saturated rings. The maximum atomic E-state index is 12.0. The molecule has 0 amide bonds. The Kier molecular flexibility index (Phi) is 3.34. The number of hydrogen-bond donors (Lipinski definition) is 2. The van der Waals surface area contributed by atoms with Gasteiger partial charge >= 0.3 is 5.97 Å². The lowest BCUT2D eigenvalue weighted by molar-refractivity contribution is 0.0693. The smallest absolute Gasteiger partial charge is 0.342 e. The van der Waals surface area contributed by atoms with E-state index in [0.29, 0.717) is 13.0 Å². The molecule has 0 saturated carbocycles. The number of nitrogens with two attached hydrogens (primary N) is 1. The first-order chi connectivity index (χ1) is 10.6. The number of carboxylic acid groups (broad SMARTS) is 1. The maximum absolute atomic E-state index is 12.0. The van der Waals surface area contributed by atoms with Gasteiger partial charge in [-0.3, -0.25) is 4.79 Å². The van der Waals surface area contributed by atoms with E-state index in [1.165, 1.54) is 6.20 Å². The number of anilines is 1. The van der Waals surface area contributed by atoms with E-state index in [0.717, 1.165) is 10.1 Å².